The summed E-state index contributed by atoms with van der Waals surface area (Å²) in [7, 11) is 0. The summed E-state index contributed by atoms with van der Waals surface area (Å²) >= 11 is 0. The second-order valence-corrected chi connectivity index (χ2v) is 4.01. The summed E-state index contributed by atoms with van der Waals surface area (Å²) in [5.41, 5.74) is 12.1. The average molecular weight is 245 g/mol. The van der Waals surface area contributed by atoms with Gasteiger partial charge in [-0.15, -0.1) is 5.10 Å². The molecular formula is C12H15N5O. The van der Waals surface area contributed by atoms with Crippen LogP contribution in [0, 0.1) is 0 Å². The fourth-order valence-corrected chi connectivity index (χ4v) is 1.82. The number of nitrogens with zero attached hydrogens (tertiary/aromatic N) is 3. The zero-order valence-corrected chi connectivity index (χ0v) is 9.91. The quantitative estimate of drug-likeness (QED) is 0.459. The summed E-state index contributed by atoms with van der Waals surface area (Å²) in [5.74, 6) is 0.0995. The Morgan fingerprint density at radius 3 is 2.56 bits per heavy atom. The predicted octanol–water partition coefficient (Wildman–Crippen LogP) is 0.421. The van der Waals surface area contributed by atoms with E-state index in [0.717, 1.165) is 24.2 Å². The third-order valence-corrected chi connectivity index (χ3v) is 2.66. The molecule has 0 radical (unpaired) electrons. The topological polar surface area (TPSA) is 97.1 Å². The zero-order chi connectivity index (χ0) is 13.0. The number of hydrogen-bond acceptors (Lipinski definition) is 3. The van der Waals surface area contributed by atoms with Crippen molar-refractivity contribution in [3.8, 4) is 0 Å². The number of carbonyl (C=O) groups excluding carboxylic acids is 1. The number of anilines is 1. The minimum absolute atomic E-state index is 0.0782. The van der Waals surface area contributed by atoms with E-state index in [9.17, 15) is 4.79 Å². The number of nitrogens with two attached hydrogens (primary N) is 2. The van der Waals surface area contributed by atoms with Gasteiger partial charge in [-0.25, -0.2) is 0 Å². The molecule has 1 aromatic rings. The Morgan fingerprint density at radius 1 is 1.28 bits per heavy atom. The van der Waals surface area contributed by atoms with E-state index in [-0.39, 0.29) is 11.9 Å². The van der Waals surface area contributed by atoms with Crippen LogP contribution in [0.15, 0.2) is 34.5 Å². The van der Waals surface area contributed by atoms with Gasteiger partial charge >= 0.3 is 0 Å². The van der Waals surface area contributed by atoms with Crippen LogP contribution in [0.25, 0.3) is 0 Å². The highest BCUT2D eigenvalue weighted by Crippen LogP contribution is 2.21. The Hall–Kier alpha value is -2.37. The van der Waals surface area contributed by atoms with Crippen LogP contribution in [0.4, 0.5) is 5.69 Å². The number of hydrogen-bond donors (Lipinski definition) is 2. The van der Waals surface area contributed by atoms with E-state index < -0.39 is 0 Å². The number of benzene rings is 1. The molecule has 4 N–H and O–H groups in total. The third-order valence-electron chi connectivity index (χ3n) is 2.66. The molecule has 1 fully saturated rings. The van der Waals surface area contributed by atoms with E-state index in [2.05, 4.69) is 10.2 Å². The molecule has 2 rings (SSSR count). The monoisotopic (exact) mass is 245 g/mol. The van der Waals surface area contributed by atoms with Gasteiger partial charge in [0.05, 0.1) is 6.21 Å². The normalized spacial score (nSPS) is 15.3. The summed E-state index contributed by atoms with van der Waals surface area (Å²) < 4.78 is 0. The van der Waals surface area contributed by atoms with Gasteiger partial charge in [0, 0.05) is 18.7 Å². The first kappa shape index (κ1) is 12.1. The van der Waals surface area contributed by atoms with E-state index in [1.807, 2.05) is 24.3 Å². The van der Waals surface area contributed by atoms with E-state index >= 15 is 0 Å². The molecule has 0 atom stereocenters. The SMILES string of the molecule is NC(N)=NN=Cc1ccc(N2CCCC2=O)cc1. The van der Waals surface area contributed by atoms with Crippen LogP contribution in [0.5, 0.6) is 0 Å². The van der Waals surface area contributed by atoms with Gasteiger partial charge in [0.25, 0.3) is 0 Å². The Labute approximate surface area is 105 Å². The Morgan fingerprint density at radius 2 is 2.00 bits per heavy atom. The van der Waals surface area contributed by atoms with Gasteiger partial charge < -0.3 is 16.4 Å². The zero-order valence-electron chi connectivity index (χ0n) is 9.91. The Balaban J connectivity index is 2.08. The van der Waals surface area contributed by atoms with Crippen LogP contribution in [0.3, 0.4) is 0 Å². The molecule has 1 aliphatic rings. The number of rotatable bonds is 3. The van der Waals surface area contributed by atoms with Gasteiger partial charge in [-0.2, -0.15) is 5.10 Å². The molecule has 6 heteroatoms. The lowest BCUT2D eigenvalue weighted by atomic mass is 10.2. The van der Waals surface area contributed by atoms with Crippen LogP contribution in [-0.4, -0.2) is 24.6 Å². The minimum atomic E-state index is -0.0782. The average Bonchev–Trinajstić information content (AvgIpc) is 2.76. The summed E-state index contributed by atoms with van der Waals surface area (Å²) in [4.78, 5) is 13.3. The fraction of sp³-hybridized carbons (Fsp3) is 0.250. The highest BCUT2D eigenvalue weighted by Gasteiger charge is 2.21. The number of guanidine groups is 1. The molecule has 0 bridgehead atoms. The number of carbonyl (C=O) groups is 1. The predicted molar refractivity (Wildman–Crippen MR) is 71.4 cm³/mol. The largest absolute Gasteiger partial charge is 0.369 e. The van der Waals surface area contributed by atoms with Crippen molar-refractivity contribution in [3.05, 3.63) is 29.8 Å². The van der Waals surface area contributed by atoms with Gasteiger partial charge in [0.2, 0.25) is 11.9 Å². The lowest BCUT2D eigenvalue weighted by Crippen LogP contribution is -2.23. The second-order valence-electron chi connectivity index (χ2n) is 4.01. The van der Waals surface area contributed by atoms with Crippen molar-refractivity contribution in [1.82, 2.24) is 0 Å². The molecule has 18 heavy (non-hydrogen) atoms. The first-order valence-electron chi connectivity index (χ1n) is 5.69. The van der Waals surface area contributed by atoms with E-state index in [4.69, 9.17) is 11.5 Å². The highest BCUT2D eigenvalue weighted by molar-refractivity contribution is 5.95. The van der Waals surface area contributed by atoms with Crippen molar-refractivity contribution in [2.24, 2.45) is 21.7 Å². The number of amides is 1. The first-order chi connectivity index (χ1) is 8.66. The molecule has 1 saturated heterocycles. The first-order valence-corrected chi connectivity index (χ1v) is 5.69. The van der Waals surface area contributed by atoms with Crippen molar-refractivity contribution < 1.29 is 4.79 Å². The lowest BCUT2D eigenvalue weighted by molar-refractivity contribution is -0.117. The highest BCUT2D eigenvalue weighted by atomic mass is 16.2. The summed E-state index contributed by atoms with van der Waals surface area (Å²) in [6, 6.07) is 7.51. The maximum absolute atomic E-state index is 11.6. The van der Waals surface area contributed by atoms with Gasteiger partial charge in [0.1, 0.15) is 0 Å². The molecule has 1 heterocycles. The molecule has 1 amide bonds. The van der Waals surface area contributed by atoms with E-state index in [0.29, 0.717) is 6.42 Å². The molecule has 6 nitrogen and oxygen atoms in total. The fourth-order valence-electron chi connectivity index (χ4n) is 1.82. The molecule has 0 aliphatic carbocycles. The van der Waals surface area contributed by atoms with Crippen molar-refractivity contribution in [3.63, 3.8) is 0 Å². The van der Waals surface area contributed by atoms with Gasteiger partial charge in [-0.3, -0.25) is 4.79 Å². The molecule has 94 valence electrons. The van der Waals surface area contributed by atoms with Crippen molar-refractivity contribution in [2.75, 3.05) is 11.4 Å². The molecule has 0 saturated carbocycles. The summed E-state index contributed by atoms with van der Waals surface area (Å²) in [5, 5.41) is 7.22. The summed E-state index contributed by atoms with van der Waals surface area (Å²) in [6.07, 6.45) is 3.11. The third kappa shape index (κ3) is 2.85. The standard InChI is InChI=1S/C12H15N5O/c13-12(14)16-15-8-9-3-5-10(6-4-9)17-7-1-2-11(17)18/h3-6,8H,1-2,7H2,(H4,13,14,16). The van der Waals surface area contributed by atoms with E-state index in [1.165, 1.54) is 0 Å². The van der Waals surface area contributed by atoms with Gasteiger partial charge in [-0.05, 0) is 24.1 Å². The molecule has 0 spiro atoms. The maximum Gasteiger partial charge on any atom is 0.227 e. The molecule has 0 unspecified atom stereocenters. The lowest BCUT2D eigenvalue weighted by Gasteiger charge is -2.15. The van der Waals surface area contributed by atoms with E-state index in [1.54, 1.807) is 11.1 Å². The van der Waals surface area contributed by atoms with Crippen LogP contribution in [-0.2, 0) is 4.79 Å². The molecule has 1 aliphatic heterocycles. The summed E-state index contributed by atoms with van der Waals surface area (Å²) in [6.45, 7) is 0.792. The van der Waals surface area contributed by atoms with Crippen LogP contribution < -0.4 is 16.4 Å². The van der Waals surface area contributed by atoms with Crippen LogP contribution in [0.1, 0.15) is 18.4 Å². The van der Waals surface area contributed by atoms with Crippen LogP contribution >= 0.6 is 0 Å². The van der Waals surface area contributed by atoms with Crippen LogP contribution in [0.2, 0.25) is 0 Å². The maximum atomic E-state index is 11.6. The molecular weight excluding hydrogens is 230 g/mol. The molecule has 0 aromatic heterocycles. The van der Waals surface area contributed by atoms with Crippen molar-refractivity contribution in [1.29, 1.82) is 0 Å². The Bertz CT molecular complexity index is 488. The Kier molecular flexibility index (Phi) is 3.57. The smallest absolute Gasteiger partial charge is 0.227 e. The molecule has 1 aromatic carbocycles. The minimum Gasteiger partial charge on any atom is -0.369 e. The second kappa shape index (κ2) is 5.31. The van der Waals surface area contributed by atoms with Crippen molar-refractivity contribution >= 4 is 23.8 Å². The van der Waals surface area contributed by atoms with Gasteiger partial charge in [0.15, 0.2) is 0 Å². The van der Waals surface area contributed by atoms with Crippen molar-refractivity contribution in [2.45, 2.75) is 12.8 Å². The van der Waals surface area contributed by atoms with Gasteiger partial charge in [-0.1, -0.05) is 12.1 Å².